The summed E-state index contributed by atoms with van der Waals surface area (Å²) in [6.45, 7) is 1.36. The van der Waals surface area contributed by atoms with Gasteiger partial charge in [0.1, 0.15) is 16.9 Å². The Morgan fingerprint density at radius 3 is 2.63 bits per heavy atom. The number of furan rings is 1. The molecule has 0 saturated carbocycles. The molecule has 0 aliphatic rings. The Morgan fingerprint density at radius 2 is 1.89 bits per heavy atom. The fraction of sp³-hybridized carbons (Fsp3) is 0.200. The molecule has 0 spiro atoms. The van der Waals surface area contributed by atoms with Gasteiger partial charge in [-0.1, -0.05) is 24.3 Å². The van der Waals surface area contributed by atoms with Crippen molar-refractivity contribution < 1.29 is 19.1 Å². The maximum Gasteiger partial charge on any atom is 0.313 e. The Labute approximate surface area is 160 Å². The summed E-state index contributed by atoms with van der Waals surface area (Å²) in [5.74, 6) is -1.31. The monoisotopic (exact) mass is 384 g/mol. The minimum atomic E-state index is -1.45. The SMILES string of the molecule is CSc1cccc(NC(=O)C(=O)NCC(C)(O)c2cc3ccccc3o2)c1. The van der Waals surface area contributed by atoms with E-state index >= 15 is 0 Å². The number of hydrogen-bond donors (Lipinski definition) is 3. The second-order valence-electron chi connectivity index (χ2n) is 6.29. The number of fused-ring (bicyclic) bond motifs is 1. The number of amides is 2. The molecule has 7 heteroatoms. The average Bonchev–Trinajstić information content (AvgIpc) is 3.11. The van der Waals surface area contributed by atoms with Crippen LogP contribution in [-0.2, 0) is 15.2 Å². The van der Waals surface area contributed by atoms with E-state index in [-0.39, 0.29) is 6.54 Å². The number of rotatable bonds is 5. The second kappa shape index (κ2) is 7.85. The van der Waals surface area contributed by atoms with E-state index in [1.165, 1.54) is 18.7 Å². The molecule has 3 N–H and O–H groups in total. The molecule has 1 unspecified atom stereocenters. The fourth-order valence-corrected chi connectivity index (χ4v) is 3.02. The third-order valence-electron chi connectivity index (χ3n) is 4.08. The summed E-state index contributed by atoms with van der Waals surface area (Å²) in [7, 11) is 0. The first-order chi connectivity index (χ1) is 12.9. The molecule has 6 nitrogen and oxygen atoms in total. The maximum atomic E-state index is 12.1. The van der Waals surface area contributed by atoms with Gasteiger partial charge in [0.25, 0.3) is 0 Å². The zero-order valence-corrected chi connectivity index (χ0v) is 15.8. The van der Waals surface area contributed by atoms with Gasteiger partial charge in [0.2, 0.25) is 0 Å². The predicted octanol–water partition coefficient (Wildman–Crippen LogP) is 3.12. The standard InChI is InChI=1S/C20H20N2O4S/c1-20(25,17-10-13-6-3-4-9-16(13)26-17)12-21-18(23)19(24)22-14-7-5-8-15(11-14)27-2/h3-11,25H,12H2,1-2H3,(H,21,23)(H,22,24). The third kappa shape index (κ3) is 4.50. The number of carbonyl (C=O) groups excluding carboxylic acids is 2. The average molecular weight is 384 g/mol. The van der Waals surface area contributed by atoms with Crippen molar-refractivity contribution in [3.8, 4) is 0 Å². The van der Waals surface area contributed by atoms with Gasteiger partial charge in [-0.25, -0.2) is 0 Å². The Hall–Kier alpha value is -2.77. The van der Waals surface area contributed by atoms with Gasteiger partial charge < -0.3 is 20.2 Å². The molecule has 27 heavy (non-hydrogen) atoms. The van der Waals surface area contributed by atoms with Gasteiger partial charge in [-0.05, 0) is 43.5 Å². The van der Waals surface area contributed by atoms with Crippen molar-refractivity contribution in [3.05, 3.63) is 60.4 Å². The van der Waals surface area contributed by atoms with Gasteiger partial charge in [0.15, 0.2) is 0 Å². The van der Waals surface area contributed by atoms with Gasteiger partial charge in [-0.3, -0.25) is 9.59 Å². The molecule has 140 valence electrons. The van der Waals surface area contributed by atoms with Crippen molar-refractivity contribution in [1.29, 1.82) is 0 Å². The van der Waals surface area contributed by atoms with Crippen molar-refractivity contribution in [2.24, 2.45) is 0 Å². The normalized spacial score (nSPS) is 13.1. The topological polar surface area (TPSA) is 91.6 Å². The summed E-state index contributed by atoms with van der Waals surface area (Å²) < 4.78 is 5.64. The lowest BCUT2D eigenvalue weighted by Crippen LogP contribution is -2.43. The molecular formula is C20H20N2O4S. The molecule has 1 heterocycles. The summed E-state index contributed by atoms with van der Waals surface area (Å²) in [5, 5.41) is 16.5. The van der Waals surface area contributed by atoms with Crippen LogP contribution in [0.5, 0.6) is 0 Å². The summed E-state index contributed by atoms with van der Waals surface area (Å²) in [6.07, 6.45) is 1.92. The van der Waals surface area contributed by atoms with Gasteiger partial charge >= 0.3 is 11.8 Å². The van der Waals surface area contributed by atoms with Crippen molar-refractivity contribution in [3.63, 3.8) is 0 Å². The highest BCUT2D eigenvalue weighted by molar-refractivity contribution is 7.98. The molecule has 0 saturated heterocycles. The summed E-state index contributed by atoms with van der Waals surface area (Å²) in [6, 6.07) is 16.3. The zero-order valence-electron chi connectivity index (χ0n) is 15.0. The highest BCUT2D eigenvalue weighted by Crippen LogP contribution is 2.27. The van der Waals surface area contributed by atoms with Crippen LogP contribution in [-0.4, -0.2) is 29.7 Å². The molecule has 0 bridgehead atoms. The van der Waals surface area contributed by atoms with Crippen LogP contribution in [0.25, 0.3) is 11.0 Å². The third-order valence-corrected chi connectivity index (χ3v) is 4.81. The molecule has 3 aromatic rings. The van der Waals surface area contributed by atoms with Crippen LogP contribution in [0.4, 0.5) is 5.69 Å². The van der Waals surface area contributed by atoms with E-state index in [1.807, 2.05) is 30.5 Å². The molecule has 0 radical (unpaired) electrons. The first-order valence-electron chi connectivity index (χ1n) is 8.34. The molecule has 0 aliphatic carbocycles. The summed E-state index contributed by atoms with van der Waals surface area (Å²) in [4.78, 5) is 25.1. The highest BCUT2D eigenvalue weighted by atomic mass is 32.2. The van der Waals surface area contributed by atoms with Crippen molar-refractivity contribution >= 4 is 40.2 Å². The largest absolute Gasteiger partial charge is 0.458 e. The summed E-state index contributed by atoms with van der Waals surface area (Å²) >= 11 is 1.54. The number of thioether (sulfide) groups is 1. The number of carbonyl (C=O) groups is 2. The van der Waals surface area contributed by atoms with Gasteiger partial charge in [0, 0.05) is 16.0 Å². The molecule has 1 atom stereocenters. The first-order valence-corrected chi connectivity index (χ1v) is 9.56. The Bertz CT molecular complexity index is 948. The van der Waals surface area contributed by atoms with E-state index in [0.29, 0.717) is 17.0 Å². The van der Waals surface area contributed by atoms with E-state index in [4.69, 9.17) is 4.42 Å². The van der Waals surface area contributed by atoms with E-state index in [1.54, 1.807) is 30.3 Å². The highest BCUT2D eigenvalue weighted by Gasteiger charge is 2.29. The van der Waals surface area contributed by atoms with Crippen LogP contribution in [0.3, 0.4) is 0 Å². The smallest absolute Gasteiger partial charge is 0.313 e. The zero-order chi connectivity index (χ0) is 19.4. The molecule has 0 aliphatic heterocycles. The predicted molar refractivity (Wildman–Crippen MR) is 106 cm³/mol. The number of hydrogen-bond acceptors (Lipinski definition) is 5. The Kier molecular flexibility index (Phi) is 5.53. The van der Waals surface area contributed by atoms with E-state index in [9.17, 15) is 14.7 Å². The lowest BCUT2D eigenvalue weighted by Gasteiger charge is -2.20. The van der Waals surface area contributed by atoms with Gasteiger partial charge in [-0.2, -0.15) is 0 Å². The minimum Gasteiger partial charge on any atom is -0.458 e. The van der Waals surface area contributed by atoms with Crippen LogP contribution < -0.4 is 10.6 Å². The van der Waals surface area contributed by atoms with Crippen molar-refractivity contribution in [2.45, 2.75) is 17.4 Å². The second-order valence-corrected chi connectivity index (χ2v) is 7.17. The summed E-state index contributed by atoms with van der Waals surface area (Å²) in [5.41, 5.74) is -0.273. The van der Waals surface area contributed by atoms with E-state index < -0.39 is 17.4 Å². The first kappa shape index (κ1) is 19.0. The van der Waals surface area contributed by atoms with Crippen LogP contribution in [0, 0.1) is 0 Å². The van der Waals surface area contributed by atoms with E-state index in [0.717, 1.165) is 10.3 Å². The van der Waals surface area contributed by atoms with Crippen LogP contribution in [0.15, 0.2) is 63.9 Å². The molecular weight excluding hydrogens is 364 g/mol. The van der Waals surface area contributed by atoms with Gasteiger partial charge in [-0.15, -0.1) is 11.8 Å². The number of anilines is 1. The van der Waals surface area contributed by atoms with Crippen molar-refractivity contribution in [2.75, 3.05) is 18.1 Å². The van der Waals surface area contributed by atoms with Gasteiger partial charge in [0.05, 0.1) is 6.54 Å². The Morgan fingerprint density at radius 1 is 1.11 bits per heavy atom. The number of nitrogens with one attached hydrogen (secondary N) is 2. The number of para-hydroxylation sites is 1. The fourth-order valence-electron chi connectivity index (χ4n) is 2.56. The van der Waals surface area contributed by atoms with E-state index in [2.05, 4.69) is 10.6 Å². The van der Waals surface area contributed by atoms with Crippen LogP contribution in [0.2, 0.25) is 0 Å². The van der Waals surface area contributed by atoms with Crippen molar-refractivity contribution in [1.82, 2.24) is 5.32 Å². The van der Waals surface area contributed by atoms with Crippen LogP contribution >= 0.6 is 11.8 Å². The molecule has 2 aromatic carbocycles. The minimum absolute atomic E-state index is 0.163. The molecule has 0 fully saturated rings. The number of aliphatic hydroxyl groups is 1. The number of benzene rings is 2. The molecule has 3 rings (SSSR count). The molecule has 2 amide bonds. The lowest BCUT2D eigenvalue weighted by molar-refractivity contribution is -0.136. The van der Waals surface area contributed by atoms with Crippen LogP contribution in [0.1, 0.15) is 12.7 Å². The molecule has 1 aromatic heterocycles. The quantitative estimate of drug-likeness (QED) is 0.464. The maximum absolute atomic E-state index is 12.1. The Balaban J connectivity index is 1.62. The lowest BCUT2D eigenvalue weighted by atomic mass is 10.0.